The average Bonchev–Trinajstić information content (AvgIpc) is 2.53. The maximum atomic E-state index is 11.3. The molecule has 3 heteroatoms. The first-order chi connectivity index (χ1) is 10.8. The van der Waals surface area contributed by atoms with Gasteiger partial charge in [0.2, 0.25) is 0 Å². The van der Waals surface area contributed by atoms with E-state index in [1.54, 1.807) is 6.92 Å². The lowest BCUT2D eigenvalue weighted by molar-refractivity contribution is -0.138. The van der Waals surface area contributed by atoms with Gasteiger partial charge in [-0.05, 0) is 66.0 Å². The van der Waals surface area contributed by atoms with Crippen molar-refractivity contribution in [3.8, 4) is 0 Å². The average molecular weight is 316 g/mol. The van der Waals surface area contributed by atoms with Gasteiger partial charge in [0, 0.05) is 6.61 Å². The Balaban J connectivity index is 2.02. The lowest BCUT2D eigenvalue weighted by Crippen LogP contribution is -2.50. The van der Waals surface area contributed by atoms with Crippen LogP contribution >= 0.6 is 0 Å². The van der Waals surface area contributed by atoms with Crippen molar-refractivity contribution >= 4 is 5.97 Å². The van der Waals surface area contributed by atoms with Crippen LogP contribution in [0, 0.1) is 11.3 Å². The number of hydrogen-bond donors (Lipinski definition) is 2. The molecule has 2 N–H and O–H groups in total. The molecule has 0 aromatic heterocycles. The van der Waals surface area contributed by atoms with Crippen molar-refractivity contribution in [3.05, 3.63) is 34.9 Å². The van der Waals surface area contributed by atoms with Crippen molar-refractivity contribution in [2.45, 2.75) is 64.2 Å². The van der Waals surface area contributed by atoms with Gasteiger partial charge in [-0.15, -0.1) is 0 Å². The third-order valence-corrected chi connectivity index (χ3v) is 6.73. The molecule has 1 aromatic rings. The number of aliphatic hydroxyl groups excluding tert-OH is 1. The fourth-order valence-electron chi connectivity index (χ4n) is 5.25. The molecule has 2 aliphatic rings. The van der Waals surface area contributed by atoms with Crippen LogP contribution in [0.15, 0.2) is 18.2 Å². The Morgan fingerprint density at radius 1 is 1.35 bits per heavy atom. The highest BCUT2D eigenvalue weighted by Crippen LogP contribution is 2.57. The highest BCUT2D eigenvalue weighted by Gasteiger charge is 2.51. The van der Waals surface area contributed by atoms with Gasteiger partial charge < -0.3 is 10.2 Å². The zero-order valence-corrected chi connectivity index (χ0v) is 14.4. The number of carbonyl (C=O) groups is 1. The number of hydrogen-bond acceptors (Lipinski definition) is 2. The quantitative estimate of drug-likeness (QED) is 0.890. The van der Waals surface area contributed by atoms with Crippen LogP contribution in [-0.2, 0) is 16.6 Å². The summed E-state index contributed by atoms with van der Waals surface area (Å²) in [5.74, 6) is -0.723. The van der Waals surface area contributed by atoms with Gasteiger partial charge in [0.05, 0.1) is 5.92 Å². The largest absolute Gasteiger partial charge is 0.481 e. The van der Waals surface area contributed by atoms with Gasteiger partial charge in [0.25, 0.3) is 0 Å². The van der Waals surface area contributed by atoms with E-state index in [1.807, 2.05) is 6.07 Å². The number of rotatable bonds is 3. The fourth-order valence-corrected chi connectivity index (χ4v) is 5.25. The molecule has 0 saturated heterocycles. The Morgan fingerprint density at radius 3 is 2.74 bits per heavy atom. The molecule has 2 aliphatic carbocycles. The Kier molecular flexibility index (Phi) is 4.04. The second kappa shape index (κ2) is 5.62. The third kappa shape index (κ3) is 2.50. The third-order valence-electron chi connectivity index (χ3n) is 6.73. The minimum atomic E-state index is -0.768. The van der Waals surface area contributed by atoms with Crippen LogP contribution in [0.5, 0.6) is 0 Å². The van der Waals surface area contributed by atoms with Crippen molar-refractivity contribution in [2.75, 3.05) is 6.61 Å². The van der Waals surface area contributed by atoms with Crippen LogP contribution in [0.4, 0.5) is 0 Å². The maximum absolute atomic E-state index is 11.3. The molecule has 1 unspecified atom stereocenters. The first kappa shape index (κ1) is 16.5. The van der Waals surface area contributed by atoms with Crippen molar-refractivity contribution in [3.63, 3.8) is 0 Å². The summed E-state index contributed by atoms with van der Waals surface area (Å²) in [7, 11) is 0. The summed E-state index contributed by atoms with van der Waals surface area (Å²) in [6.45, 7) is 6.60. The molecule has 0 bridgehead atoms. The maximum Gasteiger partial charge on any atom is 0.310 e. The lowest BCUT2D eigenvalue weighted by atomic mass is 9.50. The Morgan fingerprint density at radius 2 is 2.09 bits per heavy atom. The van der Waals surface area contributed by atoms with Crippen molar-refractivity contribution in [2.24, 2.45) is 11.3 Å². The van der Waals surface area contributed by atoms with E-state index in [9.17, 15) is 15.0 Å². The smallest absolute Gasteiger partial charge is 0.310 e. The van der Waals surface area contributed by atoms with Crippen molar-refractivity contribution < 1.29 is 15.0 Å². The predicted octanol–water partition coefficient (Wildman–Crippen LogP) is 3.88. The first-order valence-electron chi connectivity index (χ1n) is 8.79. The molecule has 0 aliphatic heterocycles. The van der Waals surface area contributed by atoms with Gasteiger partial charge in [-0.3, -0.25) is 4.79 Å². The van der Waals surface area contributed by atoms with Gasteiger partial charge in [-0.2, -0.15) is 0 Å². The predicted molar refractivity (Wildman–Crippen MR) is 90.7 cm³/mol. The van der Waals surface area contributed by atoms with E-state index in [2.05, 4.69) is 26.0 Å². The number of aliphatic hydroxyl groups is 1. The van der Waals surface area contributed by atoms with E-state index in [1.165, 1.54) is 11.1 Å². The summed E-state index contributed by atoms with van der Waals surface area (Å²) in [5, 5.41) is 19.2. The molecule has 3 nitrogen and oxygen atoms in total. The number of benzene rings is 1. The Bertz CT molecular complexity index is 623. The second-order valence-electron chi connectivity index (χ2n) is 8.15. The minimum Gasteiger partial charge on any atom is -0.481 e. The van der Waals surface area contributed by atoms with Gasteiger partial charge >= 0.3 is 5.97 Å². The molecule has 1 aromatic carbocycles. The van der Waals surface area contributed by atoms with E-state index in [-0.39, 0.29) is 17.4 Å². The molecule has 0 radical (unpaired) electrons. The van der Waals surface area contributed by atoms with E-state index >= 15 is 0 Å². The van der Waals surface area contributed by atoms with Gasteiger partial charge in [-0.1, -0.05) is 38.5 Å². The molecule has 1 saturated carbocycles. The Hall–Kier alpha value is -1.35. The minimum absolute atomic E-state index is 0.0116. The summed E-state index contributed by atoms with van der Waals surface area (Å²) >= 11 is 0. The van der Waals surface area contributed by atoms with Gasteiger partial charge in [-0.25, -0.2) is 0 Å². The zero-order valence-electron chi connectivity index (χ0n) is 14.4. The lowest BCUT2D eigenvalue weighted by Gasteiger charge is -2.55. The molecule has 0 heterocycles. The molecule has 1 fully saturated rings. The van der Waals surface area contributed by atoms with Crippen LogP contribution in [0.3, 0.4) is 0 Å². The molecule has 3 rings (SSSR count). The summed E-state index contributed by atoms with van der Waals surface area (Å²) in [6.07, 6.45) is 5.49. The molecule has 126 valence electrons. The summed E-state index contributed by atoms with van der Waals surface area (Å²) in [5.41, 5.74) is 3.72. The molecule has 0 spiro atoms. The zero-order chi connectivity index (χ0) is 16.8. The van der Waals surface area contributed by atoms with Crippen LogP contribution in [0.2, 0.25) is 0 Å². The van der Waals surface area contributed by atoms with Crippen LogP contribution in [0.1, 0.15) is 69.1 Å². The fraction of sp³-hybridized carbons (Fsp3) is 0.650. The van der Waals surface area contributed by atoms with Gasteiger partial charge in [0.1, 0.15) is 0 Å². The SMILES string of the molecule is CC(C(=O)O)c1ccc2c(c1)CC[C@H]1[C@](C)(CO)CCC[C@]21C. The summed E-state index contributed by atoms with van der Waals surface area (Å²) in [6, 6.07) is 6.27. The van der Waals surface area contributed by atoms with Crippen LogP contribution < -0.4 is 0 Å². The number of fused-ring (bicyclic) bond motifs is 3. The highest BCUT2D eigenvalue weighted by atomic mass is 16.4. The number of carboxylic acid groups (broad SMARTS) is 1. The van der Waals surface area contributed by atoms with E-state index in [4.69, 9.17) is 0 Å². The standard InChI is InChI=1S/C20H28O3/c1-13(18(22)23)14-5-7-16-15(11-14)6-8-17-19(2,12-21)9-4-10-20(16,17)3/h5,7,11,13,17,21H,4,6,8-10,12H2,1-3H3,(H,22,23)/t13?,17-,19-,20+/m0/s1. The number of carboxylic acids is 1. The Labute approximate surface area is 138 Å². The van der Waals surface area contributed by atoms with Crippen LogP contribution in [-0.4, -0.2) is 22.8 Å². The molecule has 4 atom stereocenters. The summed E-state index contributed by atoms with van der Waals surface area (Å²) in [4.78, 5) is 11.3. The van der Waals surface area contributed by atoms with Crippen molar-refractivity contribution in [1.82, 2.24) is 0 Å². The monoisotopic (exact) mass is 316 g/mol. The number of aryl methyl sites for hydroxylation is 1. The first-order valence-corrected chi connectivity index (χ1v) is 8.79. The van der Waals surface area contributed by atoms with Crippen molar-refractivity contribution in [1.29, 1.82) is 0 Å². The summed E-state index contributed by atoms with van der Waals surface area (Å²) < 4.78 is 0. The topological polar surface area (TPSA) is 57.5 Å². The second-order valence-corrected chi connectivity index (χ2v) is 8.15. The van der Waals surface area contributed by atoms with Crippen LogP contribution in [0.25, 0.3) is 0 Å². The highest BCUT2D eigenvalue weighted by molar-refractivity contribution is 5.75. The van der Waals surface area contributed by atoms with E-state index in [0.717, 1.165) is 37.7 Å². The van der Waals surface area contributed by atoms with E-state index < -0.39 is 11.9 Å². The van der Waals surface area contributed by atoms with E-state index in [0.29, 0.717) is 5.92 Å². The molecular formula is C20H28O3. The molecular weight excluding hydrogens is 288 g/mol. The molecule has 23 heavy (non-hydrogen) atoms. The normalized spacial score (nSPS) is 34.3. The molecule has 0 amide bonds. The van der Waals surface area contributed by atoms with Gasteiger partial charge in [0.15, 0.2) is 0 Å². The number of aliphatic carboxylic acids is 1.